The second-order valence-corrected chi connectivity index (χ2v) is 5.50. The largest absolute Gasteiger partial charge is 0.293 e. The SMILES string of the molecule is Cc1ccc(F)c(C(=O)C2(C)CCCCC2)c1F. The molecule has 0 heterocycles. The Morgan fingerprint density at radius 3 is 2.39 bits per heavy atom. The first-order valence-corrected chi connectivity index (χ1v) is 6.45. The smallest absolute Gasteiger partial charge is 0.174 e. The maximum absolute atomic E-state index is 14.0. The Balaban J connectivity index is 2.42. The van der Waals surface area contributed by atoms with E-state index in [-0.39, 0.29) is 11.3 Å². The molecule has 1 aliphatic rings. The summed E-state index contributed by atoms with van der Waals surface area (Å²) < 4.78 is 27.7. The normalized spacial score (nSPS) is 18.7. The van der Waals surface area contributed by atoms with Crippen molar-refractivity contribution in [2.75, 3.05) is 0 Å². The number of hydrogen-bond acceptors (Lipinski definition) is 1. The van der Waals surface area contributed by atoms with Crippen LogP contribution in [0.1, 0.15) is 54.9 Å². The molecule has 1 aromatic carbocycles. The van der Waals surface area contributed by atoms with Crippen LogP contribution in [0.3, 0.4) is 0 Å². The summed E-state index contributed by atoms with van der Waals surface area (Å²) >= 11 is 0. The van der Waals surface area contributed by atoms with Gasteiger partial charge in [0, 0.05) is 5.41 Å². The maximum Gasteiger partial charge on any atom is 0.174 e. The highest BCUT2D eigenvalue weighted by molar-refractivity contribution is 6.01. The summed E-state index contributed by atoms with van der Waals surface area (Å²) in [5, 5.41) is 0. The Morgan fingerprint density at radius 2 is 1.78 bits per heavy atom. The number of Topliss-reactive ketones (excluding diaryl/α,β-unsaturated/α-hetero) is 1. The van der Waals surface area contributed by atoms with Gasteiger partial charge in [0.05, 0.1) is 5.56 Å². The zero-order chi connectivity index (χ0) is 13.3. The van der Waals surface area contributed by atoms with Crippen molar-refractivity contribution < 1.29 is 13.6 Å². The van der Waals surface area contributed by atoms with Crippen LogP contribution in [0, 0.1) is 24.0 Å². The first kappa shape index (κ1) is 13.2. The summed E-state index contributed by atoms with van der Waals surface area (Å²) in [5.41, 5.74) is -0.633. The van der Waals surface area contributed by atoms with Gasteiger partial charge in [0.1, 0.15) is 11.6 Å². The summed E-state index contributed by atoms with van der Waals surface area (Å²) in [6.45, 7) is 3.38. The predicted molar refractivity (Wildman–Crippen MR) is 66.6 cm³/mol. The fraction of sp³-hybridized carbons (Fsp3) is 0.533. The summed E-state index contributed by atoms with van der Waals surface area (Å²) in [7, 11) is 0. The lowest BCUT2D eigenvalue weighted by Gasteiger charge is -2.32. The monoisotopic (exact) mass is 252 g/mol. The second kappa shape index (κ2) is 4.79. The van der Waals surface area contributed by atoms with E-state index in [0.29, 0.717) is 5.56 Å². The van der Waals surface area contributed by atoms with Crippen LogP contribution in [0.25, 0.3) is 0 Å². The fourth-order valence-corrected chi connectivity index (χ4v) is 2.73. The number of ketones is 1. The van der Waals surface area contributed by atoms with Gasteiger partial charge in [-0.15, -0.1) is 0 Å². The summed E-state index contributed by atoms with van der Waals surface area (Å²) in [4.78, 5) is 12.4. The topological polar surface area (TPSA) is 17.1 Å². The Bertz CT molecular complexity index is 474. The van der Waals surface area contributed by atoms with Crippen LogP contribution < -0.4 is 0 Å². The number of carbonyl (C=O) groups excluding carboxylic acids is 1. The molecule has 98 valence electrons. The van der Waals surface area contributed by atoms with E-state index in [2.05, 4.69) is 0 Å². The highest BCUT2D eigenvalue weighted by Crippen LogP contribution is 2.39. The zero-order valence-electron chi connectivity index (χ0n) is 10.9. The lowest BCUT2D eigenvalue weighted by atomic mass is 9.71. The lowest BCUT2D eigenvalue weighted by molar-refractivity contribution is 0.0739. The molecule has 0 bridgehead atoms. The van der Waals surface area contributed by atoms with E-state index in [1.54, 1.807) is 6.92 Å². The third-order valence-electron chi connectivity index (χ3n) is 4.02. The third-order valence-corrected chi connectivity index (χ3v) is 4.02. The zero-order valence-corrected chi connectivity index (χ0v) is 10.9. The van der Waals surface area contributed by atoms with Crippen molar-refractivity contribution >= 4 is 5.78 Å². The van der Waals surface area contributed by atoms with E-state index in [4.69, 9.17) is 0 Å². The Kier molecular flexibility index (Phi) is 3.51. The van der Waals surface area contributed by atoms with E-state index in [1.807, 2.05) is 6.92 Å². The molecule has 0 saturated heterocycles. The number of halogens is 2. The van der Waals surface area contributed by atoms with E-state index < -0.39 is 17.0 Å². The molecule has 0 amide bonds. The van der Waals surface area contributed by atoms with Gasteiger partial charge in [0.15, 0.2) is 5.78 Å². The molecule has 2 rings (SSSR count). The molecule has 1 aliphatic carbocycles. The third kappa shape index (κ3) is 2.18. The first-order valence-electron chi connectivity index (χ1n) is 6.45. The van der Waals surface area contributed by atoms with E-state index in [0.717, 1.165) is 32.1 Å². The van der Waals surface area contributed by atoms with Crippen molar-refractivity contribution in [2.24, 2.45) is 5.41 Å². The number of carbonyl (C=O) groups is 1. The van der Waals surface area contributed by atoms with Crippen LogP contribution in [-0.4, -0.2) is 5.78 Å². The minimum Gasteiger partial charge on any atom is -0.293 e. The Hall–Kier alpha value is -1.25. The average Bonchev–Trinajstić information content (AvgIpc) is 2.35. The van der Waals surface area contributed by atoms with Gasteiger partial charge in [-0.1, -0.05) is 32.3 Å². The molecular weight excluding hydrogens is 234 g/mol. The van der Waals surface area contributed by atoms with Gasteiger partial charge in [-0.25, -0.2) is 8.78 Å². The molecule has 1 saturated carbocycles. The molecule has 0 N–H and O–H groups in total. The predicted octanol–water partition coefficient (Wildman–Crippen LogP) is 4.43. The molecule has 0 aromatic heterocycles. The van der Waals surface area contributed by atoms with Gasteiger partial charge in [-0.05, 0) is 31.4 Å². The van der Waals surface area contributed by atoms with Crippen LogP contribution in [0.2, 0.25) is 0 Å². The van der Waals surface area contributed by atoms with Gasteiger partial charge in [-0.3, -0.25) is 4.79 Å². The molecule has 0 spiro atoms. The molecule has 3 heteroatoms. The summed E-state index contributed by atoms with van der Waals surface area (Å²) in [6.07, 6.45) is 4.45. The highest BCUT2D eigenvalue weighted by Gasteiger charge is 2.37. The fourth-order valence-electron chi connectivity index (χ4n) is 2.73. The molecule has 0 radical (unpaired) electrons. The van der Waals surface area contributed by atoms with Crippen molar-refractivity contribution in [3.05, 3.63) is 34.9 Å². The van der Waals surface area contributed by atoms with Crippen LogP contribution >= 0.6 is 0 Å². The summed E-state index contributed by atoms with van der Waals surface area (Å²) in [5.74, 6) is -1.82. The molecule has 1 fully saturated rings. The number of hydrogen-bond donors (Lipinski definition) is 0. The van der Waals surface area contributed by atoms with Crippen LogP contribution in [0.4, 0.5) is 8.78 Å². The van der Waals surface area contributed by atoms with E-state index in [9.17, 15) is 13.6 Å². The molecule has 0 atom stereocenters. The Labute approximate surface area is 106 Å². The lowest BCUT2D eigenvalue weighted by Crippen LogP contribution is -2.31. The van der Waals surface area contributed by atoms with Crippen molar-refractivity contribution in [2.45, 2.75) is 46.0 Å². The van der Waals surface area contributed by atoms with Crippen molar-refractivity contribution in [3.8, 4) is 0 Å². The molecule has 18 heavy (non-hydrogen) atoms. The van der Waals surface area contributed by atoms with Gasteiger partial charge < -0.3 is 0 Å². The van der Waals surface area contributed by atoms with Gasteiger partial charge in [-0.2, -0.15) is 0 Å². The highest BCUT2D eigenvalue weighted by atomic mass is 19.1. The van der Waals surface area contributed by atoms with Crippen LogP contribution in [-0.2, 0) is 0 Å². The minimum absolute atomic E-state index is 0.319. The quantitative estimate of drug-likeness (QED) is 0.712. The van der Waals surface area contributed by atoms with Gasteiger partial charge in [0.25, 0.3) is 0 Å². The van der Waals surface area contributed by atoms with Gasteiger partial charge in [0.2, 0.25) is 0 Å². The molecule has 1 nitrogen and oxygen atoms in total. The standard InChI is InChI=1S/C15H18F2O/c1-10-6-7-11(16)12(13(10)17)14(18)15(2)8-4-3-5-9-15/h6-7H,3-5,8-9H2,1-2H3. The van der Waals surface area contributed by atoms with Crippen LogP contribution in [0.5, 0.6) is 0 Å². The number of benzene rings is 1. The molecule has 0 unspecified atom stereocenters. The number of aryl methyl sites for hydroxylation is 1. The molecule has 0 aliphatic heterocycles. The van der Waals surface area contributed by atoms with E-state index >= 15 is 0 Å². The first-order chi connectivity index (χ1) is 8.46. The Morgan fingerprint density at radius 1 is 1.17 bits per heavy atom. The average molecular weight is 252 g/mol. The molecule has 1 aromatic rings. The van der Waals surface area contributed by atoms with E-state index in [1.165, 1.54) is 12.1 Å². The minimum atomic E-state index is -0.741. The van der Waals surface area contributed by atoms with Crippen molar-refractivity contribution in [1.82, 2.24) is 0 Å². The molecular formula is C15H18F2O. The van der Waals surface area contributed by atoms with Crippen LogP contribution in [0.15, 0.2) is 12.1 Å². The van der Waals surface area contributed by atoms with Crippen molar-refractivity contribution in [3.63, 3.8) is 0 Å². The second-order valence-electron chi connectivity index (χ2n) is 5.50. The van der Waals surface area contributed by atoms with Crippen molar-refractivity contribution in [1.29, 1.82) is 0 Å². The maximum atomic E-state index is 14.0. The summed E-state index contributed by atoms with van der Waals surface area (Å²) in [6, 6.07) is 2.54. The number of rotatable bonds is 2. The van der Waals surface area contributed by atoms with Gasteiger partial charge >= 0.3 is 0 Å².